The summed E-state index contributed by atoms with van der Waals surface area (Å²) in [6.45, 7) is 3.73. The second kappa shape index (κ2) is 15.8. The first-order chi connectivity index (χ1) is 10.4. The third kappa shape index (κ3) is 11.5. The number of hydrogen-bond acceptors (Lipinski definition) is 3. The normalized spacial score (nSPS) is 16.2. The Morgan fingerprint density at radius 1 is 1.05 bits per heavy atom. The Bertz CT molecular complexity index is 272. The molecule has 0 heterocycles. The lowest BCUT2D eigenvalue weighted by Crippen LogP contribution is -2.39. The van der Waals surface area contributed by atoms with Crippen molar-refractivity contribution in [1.29, 1.82) is 0 Å². The van der Waals surface area contributed by atoms with E-state index in [0.717, 1.165) is 25.0 Å². The number of ether oxygens (including phenoxy) is 2. The van der Waals surface area contributed by atoms with E-state index in [1.54, 1.807) is 7.11 Å². The van der Waals surface area contributed by atoms with E-state index in [9.17, 15) is 0 Å². The number of guanidine groups is 1. The highest BCUT2D eigenvalue weighted by molar-refractivity contribution is 14.0. The second-order valence-electron chi connectivity index (χ2n) is 5.68. The molecule has 0 saturated heterocycles. The van der Waals surface area contributed by atoms with Gasteiger partial charge in [-0.15, -0.1) is 24.0 Å². The van der Waals surface area contributed by atoms with Crippen LogP contribution in [0.2, 0.25) is 0 Å². The van der Waals surface area contributed by atoms with Crippen LogP contribution in [0.3, 0.4) is 0 Å². The van der Waals surface area contributed by atoms with Crippen molar-refractivity contribution in [3.8, 4) is 0 Å². The van der Waals surface area contributed by atoms with Gasteiger partial charge in [-0.2, -0.15) is 0 Å². The van der Waals surface area contributed by atoms with Crippen molar-refractivity contribution in [3.05, 3.63) is 0 Å². The number of aliphatic imine (C=N–C) groups is 1. The molecule has 0 aliphatic heterocycles. The molecule has 1 aliphatic carbocycles. The predicted octanol–water partition coefficient (Wildman–Crippen LogP) is 2.79. The molecular formula is C16H34IN3O2. The number of nitrogens with one attached hydrogen (secondary N) is 2. The first-order valence-electron chi connectivity index (χ1n) is 8.38. The molecular weight excluding hydrogens is 393 g/mol. The monoisotopic (exact) mass is 427 g/mol. The van der Waals surface area contributed by atoms with Crippen LogP contribution < -0.4 is 10.6 Å². The maximum atomic E-state index is 5.40. The summed E-state index contributed by atoms with van der Waals surface area (Å²) in [5, 5.41) is 6.63. The van der Waals surface area contributed by atoms with Gasteiger partial charge in [0.05, 0.1) is 19.8 Å². The van der Waals surface area contributed by atoms with Crippen LogP contribution in [-0.4, -0.2) is 53.0 Å². The fourth-order valence-corrected chi connectivity index (χ4v) is 2.78. The van der Waals surface area contributed by atoms with Gasteiger partial charge in [0.1, 0.15) is 0 Å². The molecule has 0 aromatic carbocycles. The zero-order valence-electron chi connectivity index (χ0n) is 14.2. The smallest absolute Gasteiger partial charge is 0.191 e. The molecule has 2 N–H and O–H groups in total. The summed E-state index contributed by atoms with van der Waals surface area (Å²) in [6.07, 6.45) is 9.77. The average molecular weight is 427 g/mol. The van der Waals surface area contributed by atoms with Crippen LogP contribution in [0, 0.1) is 5.92 Å². The highest BCUT2D eigenvalue weighted by atomic mass is 127. The van der Waals surface area contributed by atoms with Gasteiger partial charge in [-0.05, 0) is 18.8 Å². The van der Waals surface area contributed by atoms with E-state index in [1.165, 1.54) is 44.9 Å². The van der Waals surface area contributed by atoms with E-state index in [2.05, 4.69) is 15.6 Å². The Kier molecular flexibility index (Phi) is 15.7. The molecule has 1 aliphatic rings. The fourth-order valence-electron chi connectivity index (χ4n) is 2.78. The molecule has 1 saturated carbocycles. The summed E-state index contributed by atoms with van der Waals surface area (Å²) in [4.78, 5) is 4.22. The maximum Gasteiger partial charge on any atom is 0.191 e. The summed E-state index contributed by atoms with van der Waals surface area (Å²) in [7, 11) is 3.49. The lowest BCUT2D eigenvalue weighted by atomic mass is 9.86. The minimum absolute atomic E-state index is 0. The van der Waals surface area contributed by atoms with Crippen LogP contribution in [-0.2, 0) is 9.47 Å². The third-order valence-electron chi connectivity index (χ3n) is 4.00. The van der Waals surface area contributed by atoms with Gasteiger partial charge in [0.15, 0.2) is 5.96 Å². The van der Waals surface area contributed by atoms with Crippen molar-refractivity contribution >= 4 is 29.9 Å². The molecule has 6 heteroatoms. The van der Waals surface area contributed by atoms with Crippen molar-refractivity contribution in [3.63, 3.8) is 0 Å². The lowest BCUT2D eigenvalue weighted by Gasteiger charge is -2.21. The van der Waals surface area contributed by atoms with Crippen molar-refractivity contribution in [2.24, 2.45) is 10.9 Å². The van der Waals surface area contributed by atoms with Crippen LogP contribution in [0.1, 0.15) is 44.9 Å². The quantitative estimate of drug-likeness (QED) is 0.244. The van der Waals surface area contributed by atoms with Gasteiger partial charge >= 0.3 is 0 Å². The van der Waals surface area contributed by atoms with Gasteiger partial charge in [0.25, 0.3) is 0 Å². The molecule has 5 nitrogen and oxygen atoms in total. The lowest BCUT2D eigenvalue weighted by molar-refractivity contribution is 0.0733. The number of halogens is 1. The number of nitrogens with zero attached hydrogens (tertiary/aromatic N) is 1. The minimum atomic E-state index is 0. The molecule has 0 radical (unpaired) electrons. The van der Waals surface area contributed by atoms with E-state index < -0.39 is 0 Å². The van der Waals surface area contributed by atoms with Gasteiger partial charge < -0.3 is 20.1 Å². The van der Waals surface area contributed by atoms with Crippen LogP contribution in [0.5, 0.6) is 0 Å². The standard InChI is InChI=1S/C16H33N3O2.HI/c1-17-16(19-11-12-21-14-13-20-2)18-10-6-9-15-7-4-3-5-8-15;/h15H,3-14H2,1-2H3,(H2,17,18,19);1H. The Morgan fingerprint density at radius 2 is 1.77 bits per heavy atom. The average Bonchev–Trinajstić information content (AvgIpc) is 2.53. The minimum Gasteiger partial charge on any atom is -0.382 e. The number of rotatable bonds is 10. The largest absolute Gasteiger partial charge is 0.382 e. The molecule has 1 fully saturated rings. The van der Waals surface area contributed by atoms with Crippen molar-refractivity contribution in [1.82, 2.24) is 10.6 Å². The molecule has 0 bridgehead atoms. The van der Waals surface area contributed by atoms with Crippen molar-refractivity contribution in [2.75, 3.05) is 47.1 Å². The topological polar surface area (TPSA) is 54.9 Å². The van der Waals surface area contributed by atoms with Crippen molar-refractivity contribution in [2.45, 2.75) is 44.9 Å². The zero-order valence-corrected chi connectivity index (χ0v) is 16.6. The summed E-state index contributed by atoms with van der Waals surface area (Å²) in [6, 6.07) is 0. The zero-order chi connectivity index (χ0) is 15.2. The summed E-state index contributed by atoms with van der Waals surface area (Å²) in [5.41, 5.74) is 0. The summed E-state index contributed by atoms with van der Waals surface area (Å²) < 4.78 is 10.3. The fraction of sp³-hybridized carbons (Fsp3) is 0.938. The van der Waals surface area contributed by atoms with Gasteiger partial charge in [-0.25, -0.2) is 0 Å². The van der Waals surface area contributed by atoms with E-state index in [-0.39, 0.29) is 24.0 Å². The first-order valence-corrected chi connectivity index (χ1v) is 8.38. The summed E-state index contributed by atoms with van der Waals surface area (Å²) >= 11 is 0. The Labute approximate surface area is 153 Å². The van der Waals surface area contributed by atoms with Gasteiger partial charge in [0, 0.05) is 27.2 Å². The Hall–Kier alpha value is -0.0800. The second-order valence-corrected chi connectivity index (χ2v) is 5.68. The molecule has 132 valence electrons. The molecule has 1 rings (SSSR count). The van der Waals surface area contributed by atoms with Gasteiger partial charge in [-0.1, -0.05) is 32.1 Å². The van der Waals surface area contributed by atoms with Gasteiger partial charge in [-0.3, -0.25) is 4.99 Å². The van der Waals surface area contributed by atoms with E-state index >= 15 is 0 Å². The molecule has 0 aromatic rings. The number of methoxy groups -OCH3 is 1. The van der Waals surface area contributed by atoms with E-state index in [0.29, 0.717) is 19.8 Å². The van der Waals surface area contributed by atoms with Crippen LogP contribution in [0.15, 0.2) is 4.99 Å². The molecule has 0 aromatic heterocycles. The number of hydrogen-bond donors (Lipinski definition) is 2. The van der Waals surface area contributed by atoms with E-state index in [4.69, 9.17) is 9.47 Å². The van der Waals surface area contributed by atoms with Crippen LogP contribution in [0.4, 0.5) is 0 Å². The Balaban J connectivity index is 0.00000441. The summed E-state index contributed by atoms with van der Waals surface area (Å²) in [5.74, 6) is 1.83. The molecule has 0 unspecified atom stereocenters. The molecule has 22 heavy (non-hydrogen) atoms. The first kappa shape index (κ1) is 21.9. The maximum absolute atomic E-state index is 5.40. The van der Waals surface area contributed by atoms with Gasteiger partial charge in [0.2, 0.25) is 0 Å². The van der Waals surface area contributed by atoms with Crippen LogP contribution in [0.25, 0.3) is 0 Å². The molecule has 0 atom stereocenters. The van der Waals surface area contributed by atoms with Crippen molar-refractivity contribution < 1.29 is 9.47 Å². The van der Waals surface area contributed by atoms with Crippen LogP contribution >= 0.6 is 24.0 Å². The highest BCUT2D eigenvalue weighted by Crippen LogP contribution is 2.26. The SMILES string of the molecule is CN=C(NCCCC1CCCCC1)NCCOCCOC.I. The Morgan fingerprint density at radius 3 is 2.45 bits per heavy atom. The third-order valence-corrected chi connectivity index (χ3v) is 4.00. The highest BCUT2D eigenvalue weighted by Gasteiger charge is 2.12. The van der Waals surface area contributed by atoms with E-state index in [1.807, 2.05) is 7.05 Å². The molecule has 0 spiro atoms. The predicted molar refractivity (Wildman–Crippen MR) is 103 cm³/mol. The molecule has 0 amide bonds.